The van der Waals surface area contributed by atoms with Gasteiger partial charge < -0.3 is 30.3 Å². The van der Waals surface area contributed by atoms with Gasteiger partial charge in [-0.3, -0.25) is 14.4 Å². The lowest BCUT2D eigenvalue weighted by molar-refractivity contribution is -0.145. The van der Waals surface area contributed by atoms with Crippen LogP contribution in [0.5, 0.6) is 0 Å². The summed E-state index contributed by atoms with van der Waals surface area (Å²) in [4.78, 5) is 57.1. The smallest absolute Gasteiger partial charge is 0.410 e. The molecule has 4 aromatic carbocycles. The molecule has 3 amide bonds. The Bertz CT molecular complexity index is 1930. The molecular weight excluding hydrogens is 749 g/mol. The highest BCUT2D eigenvalue weighted by Gasteiger charge is 2.46. The zero-order valence-electron chi connectivity index (χ0n) is 34.1. The molecule has 0 aliphatic carbocycles. The number of carboxylic acids is 1. The van der Waals surface area contributed by atoms with E-state index in [1.807, 2.05) is 93.7 Å². The third kappa shape index (κ3) is 9.76. The van der Waals surface area contributed by atoms with Gasteiger partial charge in [0, 0.05) is 37.3 Å². The fraction of sp³-hybridized carbons (Fsp3) is 0.404. The Balaban J connectivity index is 1.31. The lowest BCUT2D eigenvalue weighted by atomic mass is 9.84. The van der Waals surface area contributed by atoms with Crippen LogP contribution in [0.2, 0.25) is 0 Å². The van der Waals surface area contributed by atoms with Crippen LogP contribution in [0.4, 0.5) is 4.79 Å². The van der Waals surface area contributed by atoms with Gasteiger partial charge in [0.1, 0.15) is 18.2 Å². The summed E-state index contributed by atoms with van der Waals surface area (Å²) in [5.41, 5.74) is 4.60. The lowest BCUT2D eigenvalue weighted by Crippen LogP contribution is -2.59. The molecule has 0 bridgehead atoms. The number of amides is 3. The number of nitrogens with one attached hydrogen (secondary N) is 2. The first-order valence-electron chi connectivity index (χ1n) is 20.2. The maximum absolute atomic E-state index is 14.7. The van der Waals surface area contributed by atoms with Gasteiger partial charge in [-0.05, 0) is 60.9 Å². The highest BCUT2D eigenvalue weighted by atomic mass is 32.2. The normalized spacial score (nSPS) is 19.2. The van der Waals surface area contributed by atoms with Crippen molar-refractivity contribution in [2.24, 2.45) is 5.92 Å². The Morgan fingerprint density at radius 1 is 0.810 bits per heavy atom. The van der Waals surface area contributed by atoms with Gasteiger partial charge in [0.2, 0.25) is 11.8 Å². The predicted octanol–water partition coefficient (Wildman–Crippen LogP) is 7.25. The van der Waals surface area contributed by atoms with E-state index in [1.54, 1.807) is 4.90 Å². The SMILES string of the molecule is CC[C@H](C)[C@H](NC[C@@H]1C[C@H](SC(c2ccccc2)(c2ccccc2)c2ccccc2)CN1C(=O)OC(C)(C)C)C(=O)N1Cc2ccccc2C[C@H]1C(=O)NCC(=O)O. The molecule has 0 radical (unpaired) electrons. The standard InChI is InChI=1S/C47H56N4O6S/c1-6-32(2)42(44(55)51-30-34-19-17-16-18-33(34)26-40(51)43(54)49-29-41(52)53)48-28-38-27-39(31-50(38)45(56)57-46(3,4)5)58-47(35-20-10-7-11-21-35,36-22-12-8-13-23-36)37-24-14-9-15-25-37/h7-25,32,38-40,42,48H,6,26-31H2,1-5H3,(H,49,54)(H,52,53)/t32-,38-,39-,40-,42-/m0/s1. The average molecular weight is 805 g/mol. The van der Waals surface area contributed by atoms with E-state index in [2.05, 4.69) is 83.4 Å². The van der Waals surface area contributed by atoms with E-state index in [-0.39, 0.29) is 36.1 Å². The minimum atomic E-state index is -1.15. The fourth-order valence-corrected chi connectivity index (χ4v) is 10.0. The molecule has 0 spiro atoms. The summed E-state index contributed by atoms with van der Waals surface area (Å²) in [5, 5.41) is 15.4. The lowest BCUT2D eigenvalue weighted by Gasteiger charge is -2.39. The van der Waals surface area contributed by atoms with E-state index in [4.69, 9.17) is 4.74 Å². The Morgan fingerprint density at radius 3 is 1.86 bits per heavy atom. The topological polar surface area (TPSA) is 128 Å². The highest BCUT2D eigenvalue weighted by Crippen LogP contribution is 2.52. The molecule has 306 valence electrons. The second-order valence-corrected chi connectivity index (χ2v) is 17.9. The number of carbonyl (C=O) groups is 4. The van der Waals surface area contributed by atoms with E-state index in [9.17, 15) is 24.3 Å². The molecule has 11 heteroatoms. The van der Waals surface area contributed by atoms with Crippen LogP contribution in [-0.4, -0.2) is 87.4 Å². The van der Waals surface area contributed by atoms with Crippen molar-refractivity contribution in [1.29, 1.82) is 0 Å². The zero-order valence-corrected chi connectivity index (χ0v) is 34.9. The van der Waals surface area contributed by atoms with Crippen LogP contribution in [0.15, 0.2) is 115 Å². The number of fused-ring (bicyclic) bond motifs is 1. The molecule has 58 heavy (non-hydrogen) atoms. The fourth-order valence-electron chi connectivity index (χ4n) is 8.15. The number of likely N-dealkylation sites (tertiary alicyclic amines) is 1. The average Bonchev–Trinajstić information content (AvgIpc) is 3.64. The number of rotatable bonds is 14. The van der Waals surface area contributed by atoms with Crippen LogP contribution in [0.1, 0.15) is 75.3 Å². The molecule has 0 unspecified atom stereocenters. The van der Waals surface area contributed by atoms with Crippen LogP contribution >= 0.6 is 11.8 Å². The molecule has 0 saturated carbocycles. The number of nitrogens with zero attached hydrogens (tertiary/aromatic N) is 2. The van der Waals surface area contributed by atoms with E-state index >= 15 is 0 Å². The van der Waals surface area contributed by atoms with Crippen LogP contribution < -0.4 is 10.6 Å². The Hall–Kier alpha value is -5.13. The first-order chi connectivity index (χ1) is 27.8. The predicted molar refractivity (Wildman–Crippen MR) is 228 cm³/mol. The molecule has 1 fully saturated rings. The number of benzene rings is 4. The minimum Gasteiger partial charge on any atom is -0.480 e. The quantitative estimate of drug-likeness (QED) is 0.114. The molecule has 2 aliphatic rings. The number of ether oxygens (including phenoxy) is 1. The first-order valence-corrected chi connectivity index (χ1v) is 21.1. The largest absolute Gasteiger partial charge is 0.480 e. The van der Waals surface area contributed by atoms with E-state index in [0.717, 1.165) is 27.8 Å². The maximum atomic E-state index is 14.7. The third-order valence-electron chi connectivity index (χ3n) is 11.2. The number of hydrogen-bond acceptors (Lipinski definition) is 7. The monoisotopic (exact) mass is 804 g/mol. The van der Waals surface area contributed by atoms with Gasteiger partial charge in [-0.15, -0.1) is 11.8 Å². The summed E-state index contributed by atoms with van der Waals surface area (Å²) in [6, 6.07) is 37.4. The summed E-state index contributed by atoms with van der Waals surface area (Å²) < 4.78 is 5.41. The van der Waals surface area contributed by atoms with Crippen molar-refractivity contribution in [2.75, 3.05) is 19.6 Å². The van der Waals surface area contributed by atoms with Crippen LogP contribution in [0, 0.1) is 5.92 Å². The zero-order chi connectivity index (χ0) is 41.5. The molecule has 10 nitrogen and oxygen atoms in total. The van der Waals surface area contributed by atoms with E-state index < -0.39 is 46.9 Å². The van der Waals surface area contributed by atoms with Crippen molar-refractivity contribution in [3.8, 4) is 0 Å². The van der Waals surface area contributed by atoms with Gasteiger partial charge in [-0.1, -0.05) is 136 Å². The Morgan fingerprint density at radius 2 is 1.34 bits per heavy atom. The summed E-state index contributed by atoms with van der Waals surface area (Å²) in [7, 11) is 0. The van der Waals surface area contributed by atoms with Crippen LogP contribution in [0.25, 0.3) is 0 Å². The number of hydrogen-bond donors (Lipinski definition) is 3. The second-order valence-electron chi connectivity index (χ2n) is 16.4. The molecule has 4 aromatic rings. The van der Waals surface area contributed by atoms with Gasteiger partial charge in [-0.2, -0.15) is 0 Å². The molecule has 1 saturated heterocycles. The highest BCUT2D eigenvalue weighted by molar-refractivity contribution is 8.01. The van der Waals surface area contributed by atoms with Crippen molar-refractivity contribution in [3.05, 3.63) is 143 Å². The molecule has 6 rings (SSSR count). The van der Waals surface area contributed by atoms with Gasteiger partial charge in [0.05, 0.1) is 10.8 Å². The maximum Gasteiger partial charge on any atom is 0.410 e. The second kappa shape index (κ2) is 18.6. The number of carbonyl (C=O) groups excluding carboxylic acids is 3. The minimum absolute atomic E-state index is 0.0152. The van der Waals surface area contributed by atoms with Crippen LogP contribution in [0.3, 0.4) is 0 Å². The Labute approximate surface area is 346 Å². The molecule has 0 aromatic heterocycles. The van der Waals surface area contributed by atoms with Gasteiger partial charge >= 0.3 is 12.1 Å². The molecular formula is C47H56N4O6S. The van der Waals surface area contributed by atoms with Crippen molar-refractivity contribution in [1.82, 2.24) is 20.4 Å². The van der Waals surface area contributed by atoms with Gasteiger partial charge in [0.15, 0.2) is 0 Å². The number of thioether (sulfide) groups is 1. The first kappa shape index (κ1) is 42.5. The van der Waals surface area contributed by atoms with Crippen molar-refractivity contribution < 1.29 is 29.0 Å². The summed E-state index contributed by atoms with van der Waals surface area (Å²) in [5.74, 6) is -2.00. The van der Waals surface area contributed by atoms with Crippen molar-refractivity contribution >= 4 is 35.6 Å². The Kier molecular flexibility index (Phi) is 13.6. The summed E-state index contributed by atoms with van der Waals surface area (Å²) >= 11 is 1.84. The van der Waals surface area contributed by atoms with E-state index in [1.165, 1.54) is 0 Å². The summed E-state index contributed by atoms with van der Waals surface area (Å²) in [6.45, 7) is 10.1. The van der Waals surface area contributed by atoms with Crippen molar-refractivity contribution in [2.45, 2.75) is 94.1 Å². The van der Waals surface area contributed by atoms with Crippen molar-refractivity contribution in [3.63, 3.8) is 0 Å². The molecule has 2 heterocycles. The third-order valence-corrected chi connectivity index (χ3v) is 12.9. The summed E-state index contributed by atoms with van der Waals surface area (Å²) in [6.07, 6.45) is 1.21. The molecule has 2 aliphatic heterocycles. The number of carboxylic acid groups (broad SMARTS) is 1. The molecule has 3 N–H and O–H groups in total. The number of aliphatic carboxylic acids is 1. The van der Waals surface area contributed by atoms with Gasteiger partial charge in [0.25, 0.3) is 0 Å². The molecule has 5 atom stereocenters. The van der Waals surface area contributed by atoms with Crippen LogP contribution in [-0.2, 0) is 36.8 Å². The van der Waals surface area contributed by atoms with E-state index in [0.29, 0.717) is 25.9 Å². The van der Waals surface area contributed by atoms with Gasteiger partial charge in [-0.25, -0.2) is 4.79 Å².